The zero-order valence-corrected chi connectivity index (χ0v) is 18.6. The highest BCUT2D eigenvalue weighted by atomic mass is 35.5. The third-order valence-corrected chi connectivity index (χ3v) is 5.71. The van der Waals surface area contributed by atoms with Gasteiger partial charge in [0.15, 0.2) is 11.6 Å². The Morgan fingerprint density at radius 3 is 2.75 bits per heavy atom. The van der Waals surface area contributed by atoms with E-state index in [0.29, 0.717) is 40.0 Å². The highest BCUT2D eigenvalue weighted by molar-refractivity contribution is 7.59. The largest absolute Gasteiger partial charge is 0.368 e. The van der Waals surface area contributed by atoms with Crippen LogP contribution in [0.15, 0.2) is 53.6 Å². The van der Waals surface area contributed by atoms with E-state index in [4.69, 9.17) is 22.4 Å². The zero-order chi connectivity index (χ0) is 21.5. The maximum Gasteiger partial charge on any atom is 0.284 e. The predicted octanol–water partition coefficient (Wildman–Crippen LogP) is 2.84. The standard InChI is InChI=1S/C21H17ClN8O.H2S/c22-15-8-10-29-17(15)20(31)30(14-5-2-1-3-6-14)19(27-29)16-7-4-9-28(16)18-13(11-23)12-25-21(24)26-18;/h1-3,5-6,8,10,12,16H,4,7,9H2,(H2,24,25,26);1H2/t16-;/m0./s1. The van der Waals surface area contributed by atoms with Crippen LogP contribution in [0.3, 0.4) is 0 Å². The second-order valence-corrected chi connectivity index (χ2v) is 7.63. The maximum atomic E-state index is 13.5. The van der Waals surface area contributed by atoms with Gasteiger partial charge in [0.2, 0.25) is 5.95 Å². The van der Waals surface area contributed by atoms with Crippen molar-refractivity contribution in [2.45, 2.75) is 18.9 Å². The predicted molar refractivity (Wildman–Crippen MR) is 127 cm³/mol. The summed E-state index contributed by atoms with van der Waals surface area (Å²) in [5.41, 5.74) is 6.86. The number of para-hydroxylation sites is 1. The minimum absolute atomic E-state index is 0. The number of aromatic nitrogens is 5. The Hall–Kier alpha value is -3.55. The van der Waals surface area contributed by atoms with Gasteiger partial charge in [-0.15, -0.1) is 0 Å². The van der Waals surface area contributed by atoms with Crippen LogP contribution in [-0.4, -0.2) is 30.7 Å². The van der Waals surface area contributed by atoms with Gasteiger partial charge < -0.3 is 10.6 Å². The number of fused-ring (bicyclic) bond motifs is 1. The van der Waals surface area contributed by atoms with Crippen LogP contribution in [0.1, 0.15) is 30.3 Å². The molecule has 0 radical (unpaired) electrons. The van der Waals surface area contributed by atoms with E-state index in [9.17, 15) is 10.1 Å². The summed E-state index contributed by atoms with van der Waals surface area (Å²) in [6, 6.07) is 12.8. The smallest absolute Gasteiger partial charge is 0.284 e. The summed E-state index contributed by atoms with van der Waals surface area (Å²) < 4.78 is 3.09. The second kappa shape index (κ2) is 8.53. The highest BCUT2D eigenvalue weighted by Crippen LogP contribution is 2.36. The van der Waals surface area contributed by atoms with Gasteiger partial charge in [0.1, 0.15) is 17.1 Å². The van der Waals surface area contributed by atoms with Gasteiger partial charge in [-0.1, -0.05) is 29.8 Å². The SMILES string of the molecule is N#Cc1cnc(N)nc1N1CCC[C@H]1c1nn2ccc(Cl)c2c(=O)n1-c1ccccc1.S. The lowest BCUT2D eigenvalue weighted by Crippen LogP contribution is -2.33. The number of halogens is 1. The number of rotatable bonds is 3. The van der Waals surface area contributed by atoms with Gasteiger partial charge in [0.05, 0.1) is 22.9 Å². The van der Waals surface area contributed by atoms with Crippen molar-refractivity contribution < 1.29 is 0 Å². The van der Waals surface area contributed by atoms with Crippen LogP contribution in [0.5, 0.6) is 0 Å². The molecule has 1 aromatic carbocycles. The van der Waals surface area contributed by atoms with Crippen LogP contribution in [0.4, 0.5) is 11.8 Å². The fourth-order valence-corrected chi connectivity index (χ4v) is 4.29. The Morgan fingerprint density at radius 1 is 1.22 bits per heavy atom. The van der Waals surface area contributed by atoms with Crippen molar-refractivity contribution in [2.75, 3.05) is 17.2 Å². The monoisotopic (exact) mass is 466 g/mol. The van der Waals surface area contributed by atoms with E-state index >= 15 is 0 Å². The van der Waals surface area contributed by atoms with E-state index in [1.54, 1.807) is 16.8 Å². The maximum absolute atomic E-state index is 13.5. The number of nitrogens with two attached hydrogens (primary N) is 1. The third-order valence-electron chi connectivity index (χ3n) is 5.41. The van der Waals surface area contributed by atoms with Crippen LogP contribution in [0, 0.1) is 11.3 Å². The lowest BCUT2D eigenvalue weighted by atomic mass is 10.1. The Morgan fingerprint density at radius 2 is 2.00 bits per heavy atom. The van der Waals surface area contributed by atoms with Gasteiger partial charge in [0, 0.05) is 12.7 Å². The first kappa shape index (κ1) is 21.7. The lowest BCUT2D eigenvalue weighted by molar-refractivity contribution is 0.600. The van der Waals surface area contributed by atoms with Crippen LogP contribution < -0.4 is 16.2 Å². The second-order valence-electron chi connectivity index (χ2n) is 7.22. The fraction of sp³-hybridized carbons (Fsp3) is 0.190. The molecule has 1 saturated heterocycles. The number of benzene rings is 1. The molecule has 4 heterocycles. The third kappa shape index (κ3) is 3.45. The first-order valence-electron chi connectivity index (χ1n) is 9.73. The molecule has 0 amide bonds. The molecule has 1 atom stereocenters. The molecule has 9 nitrogen and oxygen atoms in total. The molecule has 5 rings (SSSR count). The van der Waals surface area contributed by atoms with Crippen LogP contribution in [0.2, 0.25) is 5.02 Å². The molecular formula is C21H19ClN8OS. The minimum atomic E-state index is -0.292. The molecule has 11 heteroatoms. The van der Waals surface area contributed by atoms with E-state index in [1.807, 2.05) is 35.2 Å². The molecule has 32 heavy (non-hydrogen) atoms. The summed E-state index contributed by atoms with van der Waals surface area (Å²) in [5, 5.41) is 14.7. The molecule has 0 bridgehead atoms. The number of nitrogens with zero attached hydrogens (tertiary/aromatic N) is 7. The molecule has 1 aliphatic heterocycles. The Balaban J connectivity index is 0.00000245. The van der Waals surface area contributed by atoms with Crippen LogP contribution in [0.25, 0.3) is 11.2 Å². The molecule has 1 fully saturated rings. The van der Waals surface area contributed by atoms with Crippen molar-refractivity contribution in [3.8, 4) is 11.8 Å². The number of hydrogen-bond donors (Lipinski definition) is 1. The first-order chi connectivity index (χ1) is 15.1. The van der Waals surface area contributed by atoms with Crippen molar-refractivity contribution in [1.82, 2.24) is 24.1 Å². The molecule has 162 valence electrons. The molecule has 4 aromatic rings. The molecular weight excluding hydrogens is 448 g/mol. The first-order valence-corrected chi connectivity index (χ1v) is 10.1. The highest BCUT2D eigenvalue weighted by Gasteiger charge is 2.34. The average Bonchev–Trinajstić information content (AvgIpc) is 3.41. The van der Waals surface area contributed by atoms with Gasteiger partial charge in [-0.3, -0.25) is 9.36 Å². The lowest BCUT2D eigenvalue weighted by Gasteiger charge is -2.27. The summed E-state index contributed by atoms with van der Waals surface area (Å²) in [4.78, 5) is 23.7. The van der Waals surface area contributed by atoms with Crippen LogP contribution in [-0.2, 0) is 0 Å². The molecule has 3 aromatic heterocycles. The van der Waals surface area contributed by atoms with E-state index < -0.39 is 0 Å². The molecule has 0 spiro atoms. The molecule has 1 aliphatic rings. The molecule has 0 saturated carbocycles. The molecule has 0 aliphatic carbocycles. The number of nitriles is 1. The van der Waals surface area contributed by atoms with E-state index in [1.165, 1.54) is 10.7 Å². The number of nitrogen functional groups attached to an aromatic ring is 1. The van der Waals surface area contributed by atoms with E-state index in [-0.39, 0.29) is 31.0 Å². The summed E-state index contributed by atoms with van der Waals surface area (Å²) >= 11 is 6.28. The van der Waals surface area contributed by atoms with Gasteiger partial charge in [-0.2, -0.15) is 28.8 Å². The number of hydrogen-bond acceptors (Lipinski definition) is 7. The van der Waals surface area contributed by atoms with Gasteiger partial charge in [0.25, 0.3) is 5.56 Å². The Labute approximate surface area is 195 Å². The molecule has 0 unspecified atom stereocenters. The zero-order valence-electron chi connectivity index (χ0n) is 16.8. The van der Waals surface area contributed by atoms with Gasteiger partial charge in [-0.05, 0) is 31.0 Å². The summed E-state index contributed by atoms with van der Waals surface area (Å²) in [6.07, 6.45) is 4.66. The summed E-state index contributed by atoms with van der Waals surface area (Å²) in [7, 11) is 0. The quantitative estimate of drug-likeness (QED) is 0.493. The summed E-state index contributed by atoms with van der Waals surface area (Å²) in [5.74, 6) is 1.06. The topological polar surface area (TPSA) is 118 Å². The van der Waals surface area contributed by atoms with Crippen molar-refractivity contribution in [3.05, 3.63) is 75.6 Å². The van der Waals surface area contributed by atoms with Gasteiger partial charge >= 0.3 is 0 Å². The van der Waals surface area contributed by atoms with E-state index in [0.717, 1.165) is 12.8 Å². The minimum Gasteiger partial charge on any atom is -0.368 e. The normalized spacial score (nSPS) is 15.5. The van der Waals surface area contributed by atoms with Crippen molar-refractivity contribution in [3.63, 3.8) is 0 Å². The van der Waals surface area contributed by atoms with Crippen LogP contribution >= 0.6 is 25.1 Å². The van der Waals surface area contributed by atoms with E-state index in [2.05, 4.69) is 16.0 Å². The van der Waals surface area contributed by atoms with Crippen molar-refractivity contribution in [1.29, 1.82) is 5.26 Å². The summed E-state index contributed by atoms with van der Waals surface area (Å²) in [6.45, 7) is 0.644. The molecule has 2 N–H and O–H groups in total. The van der Waals surface area contributed by atoms with Crippen molar-refractivity contribution >= 4 is 42.4 Å². The fourth-order valence-electron chi connectivity index (χ4n) is 4.06. The van der Waals surface area contributed by atoms with Crippen molar-refractivity contribution in [2.24, 2.45) is 0 Å². The average molecular weight is 467 g/mol. The Bertz CT molecular complexity index is 1390. The Kier molecular flexibility index (Phi) is 5.78. The number of anilines is 2. The van der Waals surface area contributed by atoms with Gasteiger partial charge in [-0.25, -0.2) is 9.50 Å².